The molecule has 0 unspecified atom stereocenters. The number of rotatable bonds is 3. The van der Waals surface area contributed by atoms with Crippen molar-refractivity contribution in [2.24, 2.45) is 0 Å². The molecule has 1 N–H and O–H groups in total. The van der Waals surface area contributed by atoms with Gasteiger partial charge in [-0.2, -0.15) is 0 Å². The molecule has 0 bridgehead atoms. The number of anilines is 1. The molecule has 100 valence electrons. The number of benzene rings is 1. The highest BCUT2D eigenvalue weighted by atomic mass is 79.9. The zero-order valence-corrected chi connectivity index (χ0v) is 14.6. The maximum atomic E-state index is 11.4. The predicted molar refractivity (Wildman–Crippen MR) is 84.3 cm³/mol. The maximum Gasteiger partial charge on any atom is 0.221 e. The third kappa shape index (κ3) is 3.35. The highest BCUT2D eigenvalue weighted by Crippen LogP contribution is 2.42. The molecule has 4 heteroatoms. The van der Waals surface area contributed by atoms with Gasteiger partial charge in [0.1, 0.15) is 0 Å². The van der Waals surface area contributed by atoms with Gasteiger partial charge in [0, 0.05) is 21.6 Å². The van der Waals surface area contributed by atoms with Crippen LogP contribution in [0, 0.1) is 0 Å². The molecule has 0 saturated carbocycles. The van der Waals surface area contributed by atoms with Gasteiger partial charge in [-0.25, -0.2) is 0 Å². The van der Waals surface area contributed by atoms with Gasteiger partial charge in [0.2, 0.25) is 5.91 Å². The van der Waals surface area contributed by atoms with E-state index >= 15 is 0 Å². The molecule has 0 heterocycles. The molecule has 0 aliphatic heterocycles. The lowest BCUT2D eigenvalue weighted by Crippen LogP contribution is -2.13. The van der Waals surface area contributed by atoms with Crippen LogP contribution < -0.4 is 5.32 Å². The van der Waals surface area contributed by atoms with Crippen LogP contribution in [0.15, 0.2) is 15.0 Å². The number of carbonyl (C=O) groups is 1. The molecule has 0 fully saturated rings. The Morgan fingerprint density at radius 1 is 1.06 bits per heavy atom. The van der Waals surface area contributed by atoms with Gasteiger partial charge >= 0.3 is 0 Å². The summed E-state index contributed by atoms with van der Waals surface area (Å²) in [5, 5.41) is 2.99. The first-order valence-corrected chi connectivity index (χ1v) is 7.63. The molecule has 0 radical (unpaired) electrons. The van der Waals surface area contributed by atoms with Crippen LogP contribution in [0.25, 0.3) is 0 Å². The Kier molecular flexibility index (Phi) is 5.41. The number of hydrogen-bond donors (Lipinski definition) is 1. The van der Waals surface area contributed by atoms with Crippen molar-refractivity contribution in [3.8, 4) is 0 Å². The van der Waals surface area contributed by atoms with E-state index < -0.39 is 0 Å². The fraction of sp³-hybridized carbons (Fsp3) is 0.500. The quantitative estimate of drug-likeness (QED) is 0.749. The molecule has 1 aromatic rings. The molecule has 0 aliphatic rings. The standard InChI is InChI=1S/C14H19Br2NO/c1-7(2)12-10(15)6-11(16)13(8(3)4)14(12)17-9(5)18/h6-8H,1-5H3,(H,17,18). The summed E-state index contributed by atoms with van der Waals surface area (Å²) < 4.78 is 2.05. The second kappa shape index (κ2) is 6.20. The fourth-order valence-electron chi connectivity index (χ4n) is 2.09. The molecule has 0 saturated heterocycles. The van der Waals surface area contributed by atoms with E-state index in [0.717, 1.165) is 25.8 Å². The fourth-order valence-corrected chi connectivity index (χ4v) is 4.17. The summed E-state index contributed by atoms with van der Waals surface area (Å²) in [5.41, 5.74) is 3.24. The second-order valence-electron chi connectivity index (χ2n) is 5.03. The summed E-state index contributed by atoms with van der Waals surface area (Å²) in [4.78, 5) is 11.4. The van der Waals surface area contributed by atoms with Crippen LogP contribution in [-0.2, 0) is 4.79 Å². The van der Waals surface area contributed by atoms with E-state index in [1.165, 1.54) is 0 Å². The lowest BCUT2D eigenvalue weighted by Gasteiger charge is -2.22. The van der Waals surface area contributed by atoms with Gasteiger partial charge < -0.3 is 5.32 Å². The average molecular weight is 377 g/mol. The lowest BCUT2D eigenvalue weighted by atomic mass is 9.92. The summed E-state index contributed by atoms with van der Waals surface area (Å²) >= 11 is 7.18. The number of hydrogen-bond acceptors (Lipinski definition) is 1. The van der Waals surface area contributed by atoms with Crippen LogP contribution in [-0.4, -0.2) is 5.91 Å². The Morgan fingerprint density at radius 2 is 1.44 bits per heavy atom. The van der Waals surface area contributed by atoms with Crippen LogP contribution in [0.3, 0.4) is 0 Å². The van der Waals surface area contributed by atoms with Crippen LogP contribution in [0.4, 0.5) is 5.69 Å². The largest absolute Gasteiger partial charge is 0.326 e. The summed E-state index contributed by atoms with van der Waals surface area (Å²) in [6.45, 7) is 10.1. The number of halogens is 2. The molecular formula is C14H19Br2NO. The molecule has 2 nitrogen and oxygen atoms in total. The Balaban J connectivity index is 3.59. The van der Waals surface area contributed by atoms with Gasteiger partial charge in [0.15, 0.2) is 0 Å². The SMILES string of the molecule is CC(=O)Nc1c(C(C)C)c(Br)cc(Br)c1C(C)C. The third-order valence-corrected chi connectivity index (χ3v) is 4.07. The van der Waals surface area contributed by atoms with E-state index in [0.29, 0.717) is 11.8 Å². The normalized spacial score (nSPS) is 11.2. The smallest absolute Gasteiger partial charge is 0.221 e. The van der Waals surface area contributed by atoms with Crippen molar-refractivity contribution >= 4 is 43.5 Å². The molecule has 0 spiro atoms. The van der Waals surface area contributed by atoms with Gasteiger partial charge in [0.05, 0.1) is 0 Å². The van der Waals surface area contributed by atoms with Crippen molar-refractivity contribution in [3.63, 3.8) is 0 Å². The van der Waals surface area contributed by atoms with Crippen LogP contribution in [0.2, 0.25) is 0 Å². The van der Waals surface area contributed by atoms with Crippen LogP contribution in [0.5, 0.6) is 0 Å². The predicted octanol–water partition coefficient (Wildman–Crippen LogP) is 5.42. The molecule has 18 heavy (non-hydrogen) atoms. The summed E-state index contributed by atoms with van der Waals surface area (Å²) in [6.07, 6.45) is 0. The Morgan fingerprint density at radius 3 is 1.72 bits per heavy atom. The first-order valence-electron chi connectivity index (χ1n) is 6.05. The highest BCUT2D eigenvalue weighted by Gasteiger charge is 2.20. The van der Waals surface area contributed by atoms with E-state index in [-0.39, 0.29) is 5.91 Å². The number of carbonyl (C=O) groups excluding carboxylic acids is 1. The van der Waals surface area contributed by atoms with Crippen molar-refractivity contribution < 1.29 is 4.79 Å². The Bertz CT molecular complexity index is 435. The molecular weight excluding hydrogens is 358 g/mol. The zero-order chi connectivity index (χ0) is 14.0. The minimum absolute atomic E-state index is 0.0381. The zero-order valence-electron chi connectivity index (χ0n) is 11.4. The molecule has 1 amide bonds. The van der Waals surface area contributed by atoms with Gasteiger partial charge in [-0.3, -0.25) is 4.79 Å². The molecule has 1 rings (SSSR count). The monoisotopic (exact) mass is 375 g/mol. The number of nitrogens with one attached hydrogen (secondary N) is 1. The van der Waals surface area contributed by atoms with Crippen LogP contribution in [0.1, 0.15) is 57.6 Å². The van der Waals surface area contributed by atoms with E-state index in [2.05, 4.69) is 70.9 Å². The van der Waals surface area contributed by atoms with Crippen molar-refractivity contribution in [1.29, 1.82) is 0 Å². The van der Waals surface area contributed by atoms with E-state index in [9.17, 15) is 4.79 Å². The summed E-state index contributed by atoms with van der Waals surface area (Å²) in [5.74, 6) is 0.641. The Hall–Kier alpha value is -0.350. The molecule has 1 aromatic carbocycles. The van der Waals surface area contributed by atoms with Crippen molar-refractivity contribution in [2.45, 2.75) is 46.5 Å². The minimum Gasteiger partial charge on any atom is -0.326 e. The van der Waals surface area contributed by atoms with E-state index in [4.69, 9.17) is 0 Å². The molecule has 0 aromatic heterocycles. The van der Waals surface area contributed by atoms with Crippen molar-refractivity contribution in [2.75, 3.05) is 5.32 Å². The maximum absolute atomic E-state index is 11.4. The second-order valence-corrected chi connectivity index (χ2v) is 6.74. The van der Waals surface area contributed by atoms with Crippen molar-refractivity contribution in [1.82, 2.24) is 0 Å². The van der Waals surface area contributed by atoms with E-state index in [1.807, 2.05) is 0 Å². The lowest BCUT2D eigenvalue weighted by molar-refractivity contribution is -0.114. The van der Waals surface area contributed by atoms with Crippen molar-refractivity contribution in [3.05, 3.63) is 26.1 Å². The van der Waals surface area contributed by atoms with Gasteiger partial charge in [-0.1, -0.05) is 59.6 Å². The van der Waals surface area contributed by atoms with Gasteiger partial charge in [-0.15, -0.1) is 0 Å². The molecule has 0 atom stereocenters. The van der Waals surface area contributed by atoms with E-state index in [1.54, 1.807) is 6.92 Å². The average Bonchev–Trinajstić information content (AvgIpc) is 2.13. The Labute approximate surface area is 126 Å². The van der Waals surface area contributed by atoms with Crippen LogP contribution >= 0.6 is 31.9 Å². The summed E-state index contributed by atoms with van der Waals surface area (Å²) in [6, 6.07) is 2.07. The summed E-state index contributed by atoms with van der Waals surface area (Å²) in [7, 11) is 0. The van der Waals surface area contributed by atoms with Gasteiger partial charge in [0.25, 0.3) is 0 Å². The number of amides is 1. The topological polar surface area (TPSA) is 29.1 Å². The first-order chi connectivity index (χ1) is 8.25. The highest BCUT2D eigenvalue weighted by molar-refractivity contribution is 9.11. The van der Waals surface area contributed by atoms with Gasteiger partial charge in [-0.05, 0) is 29.0 Å². The first kappa shape index (κ1) is 15.7. The molecule has 0 aliphatic carbocycles. The minimum atomic E-state index is -0.0381. The third-order valence-electron chi connectivity index (χ3n) is 2.76.